The molecular weight excluding hydrogens is 392 g/mol. The number of nitrogen functional groups attached to an aromatic ring is 1. The van der Waals surface area contributed by atoms with Gasteiger partial charge < -0.3 is 20.7 Å². The molecule has 1 fully saturated rings. The number of fused-ring (bicyclic) bond motifs is 1. The lowest BCUT2D eigenvalue weighted by Gasteiger charge is -2.34. The summed E-state index contributed by atoms with van der Waals surface area (Å²) in [6, 6.07) is 8.53. The van der Waals surface area contributed by atoms with Crippen LogP contribution in [0.4, 0.5) is 16.3 Å². The third-order valence-corrected chi connectivity index (χ3v) is 6.07. The first-order valence-electron chi connectivity index (χ1n) is 11.2. The van der Waals surface area contributed by atoms with Gasteiger partial charge in [0.15, 0.2) is 5.82 Å². The van der Waals surface area contributed by atoms with Crippen LogP contribution in [0.1, 0.15) is 62.4 Å². The van der Waals surface area contributed by atoms with E-state index in [1.165, 1.54) is 31.5 Å². The Balaban J connectivity index is 1.46. The number of anilines is 2. The van der Waals surface area contributed by atoms with Crippen molar-refractivity contribution in [2.75, 3.05) is 30.7 Å². The molecule has 4 rings (SSSR count). The number of nitrogens with one attached hydrogen (secondary N) is 1. The number of urea groups is 1. The van der Waals surface area contributed by atoms with Crippen LogP contribution in [0.15, 0.2) is 24.3 Å². The molecule has 0 aliphatic carbocycles. The Morgan fingerprint density at radius 1 is 1.19 bits per heavy atom. The number of carbonyl (C=O) groups excluding carboxylic acids is 1. The van der Waals surface area contributed by atoms with E-state index < -0.39 is 0 Å². The topological polar surface area (TPSA) is 96.6 Å². The predicted octanol–water partition coefficient (Wildman–Crippen LogP) is 3.94. The zero-order valence-corrected chi connectivity index (χ0v) is 18.4. The Labute approximate surface area is 183 Å². The van der Waals surface area contributed by atoms with Crippen LogP contribution in [0.25, 0.3) is 0 Å². The van der Waals surface area contributed by atoms with E-state index in [-0.39, 0.29) is 23.9 Å². The minimum Gasteiger partial charge on any atom is -0.463 e. The van der Waals surface area contributed by atoms with E-state index in [2.05, 4.69) is 51.4 Å². The molecule has 0 radical (unpaired) electrons. The van der Waals surface area contributed by atoms with Crippen molar-refractivity contribution in [3.8, 4) is 6.01 Å². The molecule has 1 aromatic heterocycles. The monoisotopic (exact) mass is 424 g/mol. The predicted molar refractivity (Wildman–Crippen MR) is 121 cm³/mol. The molecule has 0 saturated carbocycles. The maximum atomic E-state index is 12.8. The summed E-state index contributed by atoms with van der Waals surface area (Å²) in [6.45, 7) is 8.38. The molecule has 8 nitrogen and oxygen atoms in total. The molecule has 0 bridgehead atoms. The number of benzene rings is 1. The molecule has 0 unspecified atom stereocenters. The molecule has 3 heterocycles. The molecule has 1 aromatic carbocycles. The molecule has 1 saturated heterocycles. The normalized spacial score (nSPS) is 17.4. The number of nitrogens with zero attached hydrogens (tertiary/aromatic N) is 4. The zero-order valence-electron chi connectivity index (χ0n) is 18.4. The molecule has 1 atom stereocenters. The molecule has 2 aromatic rings. The number of hydrogen-bond acceptors (Lipinski definition) is 6. The number of carbonyl (C=O) groups is 1. The fourth-order valence-electron chi connectivity index (χ4n) is 4.13. The Bertz CT molecular complexity index is 911. The number of hydrogen-bond donors (Lipinski definition) is 2. The summed E-state index contributed by atoms with van der Waals surface area (Å²) in [4.78, 5) is 25.7. The Hall–Kier alpha value is -2.87. The summed E-state index contributed by atoms with van der Waals surface area (Å²) in [7, 11) is 0. The summed E-state index contributed by atoms with van der Waals surface area (Å²) in [5.41, 5.74) is 9.61. The summed E-state index contributed by atoms with van der Waals surface area (Å²) in [5, 5.41) is 2.86. The molecular formula is C23H32N6O2. The van der Waals surface area contributed by atoms with Crippen LogP contribution in [0.2, 0.25) is 0 Å². The molecule has 3 N–H and O–H groups in total. The van der Waals surface area contributed by atoms with Crippen molar-refractivity contribution in [3.05, 3.63) is 41.1 Å². The van der Waals surface area contributed by atoms with E-state index in [0.717, 1.165) is 24.9 Å². The zero-order chi connectivity index (χ0) is 21.8. The number of rotatable bonds is 8. The second kappa shape index (κ2) is 9.51. The van der Waals surface area contributed by atoms with Crippen LogP contribution < -0.4 is 15.8 Å². The van der Waals surface area contributed by atoms with Crippen molar-refractivity contribution in [3.63, 3.8) is 0 Å². The highest BCUT2D eigenvalue weighted by Gasteiger charge is 2.30. The van der Waals surface area contributed by atoms with Gasteiger partial charge in [-0.25, -0.2) is 4.79 Å². The minimum atomic E-state index is -0.198. The lowest BCUT2D eigenvalue weighted by atomic mass is 10.0. The van der Waals surface area contributed by atoms with Gasteiger partial charge >= 0.3 is 12.0 Å². The third-order valence-electron chi connectivity index (χ3n) is 6.07. The number of nitrogens with two attached hydrogens (primary N) is 1. The molecule has 31 heavy (non-hydrogen) atoms. The molecule has 0 spiro atoms. The van der Waals surface area contributed by atoms with Gasteiger partial charge in [0.25, 0.3) is 0 Å². The van der Waals surface area contributed by atoms with Gasteiger partial charge in [0.05, 0.1) is 24.9 Å². The van der Waals surface area contributed by atoms with E-state index in [1.54, 1.807) is 4.90 Å². The van der Waals surface area contributed by atoms with Gasteiger partial charge in [0.2, 0.25) is 0 Å². The van der Waals surface area contributed by atoms with Crippen molar-refractivity contribution < 1.29 is 9.53 Å². The lowest BCUT2D eigenvalue weighted by Crippen LogP contribution is -2.41. The number of likely N-dealkylation sites (tertiary alicyclic amines) is 1. The Morgan fingerprint density at radius 2 is 1.94 bits per heavy atom. The standard InChI is InChI=1S/C23H32N6O2/c1-3-4-13-31-22-25-19-15-29(23(30)26-20(19)21(24)27-22)16(2)18-9-7-17(8-10-18)14-28-11-5-6-12-28/h7-10,16H,3-6,11-15H2,1-2H3,(H,26,30)(H2,24,25,27)/t16-/m0/s1. The molecule has 166 valence electrons. The van der Waals surface area contributed by atoms with Gasteiger partial charge in [0, 0.05) is 6.54 Å². The Morgan fingerprint density at radius 3 is 2.65 bits per heavy atom. The SMILES string of the molecule is CCCCOc1nc(N)c2c(n1)CN([C@@H](C)c1ccc(CN3CCCC3)cc1)C(=O)N2. The smallest absolute Gasteiger partial charge is 0.322 e. The van der Waals surface area contributed by atoms with Gasteiger partial charge in [-0.3, -0.25) is 4.90 Å². The molecule has 2 aliphatic heterocycles. The maximum Gasteiger partial charge on any atom is 0.322 e. The molecule has 2 aliphatic rings. The van der Waals surface area contributed by atoms with Crippen LogP contribution in [0.3, 0.4) is 0 Å². The number of ether oxygens (including phenoxy) is 1. The van der Waals surface area contributed by atoms with Gasteiger partial charge in [-0.15, -0.1) is 0 Å². The highest BCUT2D eigenvalue weighted by Crippen LogP contribution is 2.33. The van der Waals surface area contributed by atoms with Crippen LogP contribution in [-0.4, -0.2) is 45.5 Å². The van der Waals surface area contributed by atoms with Crippen molar-refractivity contribution in [1.29, 1.82) is 0 Å². The van der Waals surface area contributed by atoms with Crippen LogP contribution in [0.5, 0.6) is 6.01 Å². The average molecular weight is 425 g/mol. The van der Waals surface area contributed by atoms with E-state index in [4.69, 9.17) is 10.5 Å². The van der Waals surface area contributed by atoms with Crippen molar-refractivity contribution in [2.24, 2.45) is 0 Å². The third kappa shape index (κ3) is 4.90. The fourth-order valence-corrected chi connectivity index (χ4v) is 4.13. The number of unbranched alkanes of at least 4 members (excludes halogenated alkanes) is 1. The van der Waals surface area contributed by atoms with Crippen molar-refractivity contribution in [2.45, 2.75) is 58.7 Å². The fraction of sp³-hybridized carbons (Fsp3) is 0.522. The molecule has 8 heteroatoms. The number of aromatic nitrogens is 2. The maximum absolute atomic E-state index is 12.8. The van der Waals surface area contributed by atoms with Gasteiger partial charge in [-0.2, -0.15) is 9.97 Å². The van der Waals surface area contributed by atoms with Gasteiger partial charge in [-0.05, 0) is 50.4 Å². The molecule has 2 amide bonds. The quantitative estimate of drug-likeness (QED) is 0.623. The second-order valence-corrected chi connectivity index (χ2v) is 8.37. The largest absolute Gasteiger partial charge is 0.463 e. The van der Waals surface area contributed by atoms with E-state index in [0.29, 0.717) is 24.5 Å². The Kier molecular flexibility index (Phi) is 6.56. The minimum absolute atomic E-state index is 0.102. The second-order valence-electron chi connectivity index (χ2n) is 8.37. The summed E-state index contributed by atoms with van der Waals surface area (Å²) in [6.07, 6.45) is 4.53. The lowest BCUT2D eigenvalue weighted by molar-refractivity contribution is 0.184. The van der Waals surface area contributed by atoms with Crippen LogP contribution in [-0.2, 0) is 13.1 Å². The first kappa shape index (κ1) is 21.4. The summed E-state index contributed by atoms with van der Waals surface area (Å²) < 4.78 is 5.63. The highest BCUT2D eigenvalue weighted by atomic mass is 16.5. The number of amides is 2. The summed E-state index contributed by atoms with van der Waals surface area (Å²) in [5.74, 6) is 0.239. The van der Waals surface area contributed by atoms with Crippen LogP contribution >= 0.6 is 0 Å². The van der Waals surface area contributed by atoms with Crippen molar-refractivity contribution >= 4 is 17.5 Å². The van der Waals surface area contributed by atoms with E-state index >= 15 is 0 Å². The van der Waals surface area contributed by atoms with Gasteiger partial charge in [-0.1, -0.05) is 37.6 Å². The van der Waals surface area contributed by atoms with Crippen LogP contribution in [0, 0.1) is 0 Å². The first-order chi connectivity index (χ1) is 15.0. The summed E-state index contributed by atoms with van der Waals surface area (Å²) >= 11 is 0. The van der Waals surface area contributed by atoms with Gasteiger partial charge in [0.1, 0.15) is 5.69 Å². The van der Waals surface area contributed by atoms with E-state index in [1.807, 2.05) is 6.92 Å². The highest BCUT2D eigenvalue weighted by molar-refractivity contribution is 5.95. The average Bonchev–Trinajstić information content (AvgIpc) is 3.27. The first-order valence-corrected chi connectivity index (χ1v) is 11.2. The van der Waals surface area contributed by atoms with Crippen molar-refractivity contribution in [1.82, 2.24) is 19.8 Å². The van der Waals surface area contributed by atoms with E-state index in [9.17, 15) is 4.79 Å².